The van der Waals surface area contributed by atoms with Gasteiger partial charge in [0.05, 0.1) is 12.2 Å². The van der Waals surface area contributed by atoms with Gasteiger partial charge >= 0.3 is 0 Å². The first kappa shape index (κ1) is 13.5. The van der Waals surface area contributed by atoms with Crippen molar-refractivity contribution in [3.8, 4) is 0 Å². The smallest absolute Gasteiger partial charge is 0.223 e. The second kappa shape index (κ2) is 5.83. The zero-order valence-electron chi connectivity index (χ0n) is 11.0. The van der Waals surface area contributed by atoms with Gasteiger partial charge in [0.2, 0.25) is 11.8 Å². The summed E-state index contributed by atoms with van der Waals surface area (Å²) >= 11 is 0. The lowest BCUT2D eigenvalue weighted by molar-refractivity contribution is -0.130. The van der Waals surface area contributed by atoms with E-state index in [-0.39, 0.29) is 17.7 Å². The summed E-state index contributed by atoms with van der Waals surface area (Å²) in [6.45, 7) is 4.51. The van der Waals surface area contributed by atoms with Crippen molar-refractivity contribution in [3.63, 3.8) is 0 Å². The molecular weight excluding hydrogens is 246 g/mol. The fourth-order valence-electron chi connectivity index (χ4n) is 2.30. The van der Waals surface area contributed by atoms with Crippen LogP contribution in [0.4, 0.5) is 0 Å². The molecule has 0 spiro atoms. The summed E-state index contributed by atoms with van der Waals surface area (Å²) in [6, 6.07) is 0. The predicted octanol–water partition coefficient (Wildman–Crippen LogP) is -0.825. The van der Waals surface area contributed by atoms with Gasteiger partial charge in [0, 0.05) is 51.5 Å². The topological polar surface area (TPSA) is 95.3 Å². The largest absolute Gasteiger partial charge is 0.369 e. The Hall–Kier alpha value is -1.89. The molecule has 1 aromatic rings. The van der Waals surface area contributed by atoms with Crippen LogP contribution in [0.15, 0.2) is 12.5 Å². The quantitative estimate of drug-likeness (QED) is 0.746. The van der Waals surface area contributed by atoms with Crippen LogP contribution in [-0.4, -0.2) is 57.8 Å². The third kappa shape index (κ3) is 3.54. The Balaban J connectivity index is 2.05. The molecule has 1 saturated heterocycles. The van der Waals surface area contributed by atoms with Gasteiger partial charge in [0.25, 0.3) is 0 Å². The van der Waals surface area contributed by atoms with Crippen molar-refractivity contribution in [1.82, 2.24) is 19.8 Å². The predicted molar refractivity (Wildman–Crippen MR) is 68.8 cm³/mol. The Morgan fingerprint density at radius 2 is 2.26 bits per heavy atom. The number of nitrogens with zero attached hydrogens (tertiary/aromatic N) is 3. The van der Waals surface area contributed by atoms with Crippen molar-refractivity contribution in [2.24, 2.45) is 11.7 Å². The number of primary amides is 1. The number of nitrogens with two attached hydrogens (primary N) is 1. The molecule has 1 aliphatic heterocycles. The van der Waals surface area contributed by atoms with Crippen molar-refractivity contribution < 1.29 is 9.59 Å². The minimum atomic E-state index is -0.359. The maximum Gasteiger partial charge on any atom is 0.223 e. The van der Waals surface area contributed by atoms with E-state index in [1.807, 2.05) is 0 Å². The number of carbonyl (C=O) groups is 2. The van der Waals surface area contributed by atoms with Crippen LogP contribution in [0.25, 0.3) is 0 Å². The molecule has 7 nitrogen and oxygen atoms in total. The lowest BCUT2D eigenvalue weighted by Crippen LogP contribution is -2.39. The van der Waals surface area contributed by atoms with E-state index in [0.717, 1.165) is 12.2 Å². The Kier molecular flexibility index (Phi) is 4.16. The molecule has 0 radical (unpaired) electrons. The normalized spacial score (nSPS) is 21.1. The van der Waals surface area contributed by atoms with E-state index in [1.54, 1.807) is 17.4 Å². The van der Waals surface area contributed by atoms with Crippen LogP contribution < -0.4 is 5.73 Å². The molecule has 1 fully saturated rings. The molecule has 2 heterocycles. The number of aromatic amines is 1. The Morgan fingerprint density at radius 1 is 1.47 bits per heavy atom. The molecule has 19 heavy (non-hydrogen) atoms. The Labute approximate surface area is 111 Å². The second-order valence-corrected chi connectivity index (χ2v) is 4.88. The highest BCUT2D eigenvalue weighted by Crippen LogP contribution is 2.12. The molecule has 1 unspecified atom stereocenters. The number of aromatic nitrogens is 2. The molecule has 0 bridgehead atoms. The van der Waals surface area contributed by atoms with Crippen LogP contribution in [-0.2, 0) is 16.1 Å². The minimum absolute atomic E-state index is 0.0189. The van der Waals surface area contributed by atoms with Crippen molar-refractivity contribution in [3.05, 3.63) is 18.2 Å². The lowest BCUT2D eigenvalue weighted by Gasteiger charge is -2.21. The molecule has 1 atom stereocenters. The fraction of sp³-hybridized carbons (Fsp3) is 0.583. The summed E-state index contributed by atoms with van der Waals surface area (Å²) < 4.78 is 0. The average Bonchev–Trinajstić information content (AvgIpc) is 2.74. The maximum atomic E-state index is 11.5. The van der Waals surface area contributed by atoms with Gasteiger partial charge in [0.15, 0.2) is 0 Å². The molecule has 0 aromatic carbocycles. The molecule has 7 heteroatoms. The number of hydrogen-bond donors (Lipinski definition) is 2. The average molecular weight is 265 g/mol. The van der Waals surface area contributed by atoms with Crippen molar-refractivity contribution >= 4 is 11.8 Å². The van der Waals surface area contributed by atoms with E-state index in [2.05, 4.69) is 14.9 Å². The standard InChI is InChI=1S/C12H19N5O2/c1-9(18)17-3-2-16(5-10(6-17)12(13)19)7-11-4-14-8-15-11/h4,8,10H,2-3,5-7H2,1H3,(H2,13,19)(H,14,15). The third-order valence-corrected chi connectivity index (χ3v) is 3.40. The first-order valence-electron chi connectivity index (χ1n) is 6.30. The van der Waals surface area contributed by atoms with Crippen molar-refractivity contribution in [2.45, 2.75) is 13.5 Å². The summed E-state index contributed by atoms with van der Waals surface area (Å²) in [7, 11) is 0. The number of nitrogens with one attached hydrogen (secondary N) is 1. The number of rotatable bonds is 3. The molecule has 0 aliphatic carbocycles. The molecule has 1 aliphatic rings. The van der Waals surface area contributed by atoms with Crippen LogP contribution in [0.2, 0.25) is 0 Å². The minimum Gasteiger partial charge on any atom is -0.369 e. The fourth-order valence-corrected chi connectivity index (χ4v) is 2.30. The van der Waals surface area contributed by atoms with Crippen LogP contribution in [0.3, 0.4) is 0 Å². The van der Waals surface area contributed by atoms with Crippen LogP contribution in [0.1, 0.15) is 12.6 Å². The maximum absolute atomic E-state index is 11.5. The van der Waals surface area contributed by atoms with Gasteiger partial charge < -0.3 is 15.6 Å². The van der Waals surface area contributed by atoms with Gasteiger partial charge in [0.1, 0.15) is 0 Å². The highest BCUT2D eigenvalue weighted by molar-refractivity contribution is 5.79. The summed E-state index contributed by atoms with van der Waals surface area (Å²) in [6.07, 6.45) is 3.38. The Morgan fingerprint density at radius 3 is 2.84 bits per heavy atom. The first-order valence-corrected chi connectivity index (χ1v) is 6.30. The van der Waals surface area contributed by atoms with E-state index in [4.69, 9.17) is 5.73 Å². The van der Waals surface area contributed by atoms with Crippen molar-refractivity contribution in [2.75, 3.05) is 26.2 Å². The molecule has 0 saturated carbocycles. The molecule has 2 rings (SSSR count). The third-order valence-electron chi connectivity index (χ3n) is 3.40. The van der Waals surface area contributed by atoms with Crippen LogP contribution >= 0.6 is 0 Å². The van der Waals surface area contributed by atoms with E-state index in [9.17, 15) is 9.59 Å². The zero-order chi connectivity index (χ0) is 13.8. The molecule has 104 valence electrons. The van der Waals surface area contributed by atoms with E-state index >= 15 is 0 Å². The van der Waals surface area contributed by atoms with Crippen LogP contribution in [0.5, 0.6) is 0 Å². The molecule has 2 amide bonds. The molecule has 3 N–H and O–H groups in total. The monoisotopic (exact) mass is 265 g/mol. The van der Waals surface area contributed by atoms with Gasteiger partial charge in [-0.3, -0.25) is 14.5 Å². The number of amides is 2. The first-order chi connectivity index (χ1) is 9.06. The van der Waals surface area contributed by atoms with Gasteiger partial charge in [-0.1, -0.05) is 0 Å². The highest BCUT2D eigenvalue weighted by Gasteiger charge is 2.27. The number of imidazole rings is 1. The number of H-pyrrole nitrogens is 1. The van der Waals surface area contributed by atoms with Gasteiger partial charge in [-0.25, -0.2) is 4.98 Å². The zero-order valence-corrected chi connectivity index (χ0v) is 11.0. The van der Waals surface area contributed by atoms with E-state index < -0.39 is 0 Å². The summed E-state index contributed by atoms with van der Waals surface area (Å²) in [5.74, 6) is -0.702. The van der Waals surface area contributed by atoms with E-state index in [0.29, 0.717) is 26.2 Å². The SMILES string of the molecule is CC(=O)N1CCN(Cc2cnc[nH]2)CC(C(N)=O)C1. The molecular formula is C12H19N5O2. The van der Waals surface area contributed by atoms with Crippen molar-refractivity contribution in [1.29, 1.82) is 0 Å². The summed E-state index contributed by atoms with van der Waals surface area (Å²) in [4.78, 5) is 33.7. The van der Waals surface area contributed by atoms with Gasteiger partial charge in [-0.2, -0.15) is 0 Å². The summed E-state index contributed by atoms with van der Waals surface area (Å²) in [5.41, 5.74) is 6.40. The van der Waals surface area contributed by atoms with Gasteiger partial charge in [-0.15, -0.1) is 0 Å². The number of hydrogen-bond acceptors (Lipinski definition) is 4. The Bertz CT molecular complexity index is 445. The van der Waals surface area contributed by atoms with Crippen LogP contribution in [0, 0.1) is 5.92 Å². The highest BCUT2D eigenvalue weighted by atomic mass is 16.2. The second-order valence-electron chi connectivity index (χ2n) is 4.88. The summed E-state index contributed by atoms with van der Waals surface area (Å²) in [5, 5.41) is 0. The number of carbonyl (C=O) groups excluding carboxylic acids is 2. The molecule has 1 aromatic heterocycles. The van der Waals surface area contributed by atoms with Gasteiger partial charge in [-0.05, 0) is 0 Å². The lowest BCUT2D eigenvalue weighted by atomic mass is 10.1. The van der Waals surface area contributed by atoms with E-state index in [1.165, 1.54) is 6.92 Å².